The molecule has 0 aromatic heterocycles. The Balaban J connectivity index is 2.44. The van der Waals surface area contributed by atoms with Gasteiger partial charge in [0.25, 0.3) is 0 Å². The molecule has 0 saturated carbocycles. The number of nitriles is 1. The van der Waals surface area contributed by atoms with Gasteiger partial charge in [-0.3, -0.25) is 4.90 Å². The molecule has 4 nitrogen and oxygen atoms in total. The fourth-order valence-electron chi connectivity index (χ4n) is 1.91. The fourth-order valence-corrected chi connectivity index (χ4v) is 1.91. The molecule has 0 aliphatic carbocycles. The number of hydrogen-bond acceptors (Lipinski definition) is 2. The molecule has 0 aliphatic rings. The van der Waals surface area contributed by atoms with Crippen LogP contribution in [0.3, 0.4) is 0 Å². The van der Waals surface area contributed by atoms with Crippen LogP contribution in [-0.4, -0.2) is 6.03 Å². The van der Waals surface area contributed by atoms with E-state index in [-0.39, 0.29) is 0 Å². The predicted molar refractivity (Wildman–Crippen MR) is 73.3 cm³/mol. The maximum absolute atomic E-state index is 11.7. The molecule has 2 aromatic rings. The molecule has 2 aromatic carbocycles. The Bertz CT molecular complexity index is 590. The predicted octanol–water partition coefficient (Wildman–Crippen LogP) is 2.84. The molecular formula is C15H13N3O. The molecule has 2 N–H and O–H groups in total. The topological polar surface area (TPSA) is 70.1 Å². The largest absolute Gasteiger partial charge is 0.351 e. The number of carbonyl (C=O) groups is 1. The summed E-state index contributed by atoms with van der Waals surface area (Å²) in [6.07, 6.45) is 0. The minimum atomic E-state index is -0.735. The number of nitrogens with zero attached hydrogens (tertiary/aromatic N) is 2. The van der Waals surface area contributed by atoms with Gasteiger partial charge in [-0.2, -0.15) is 5.26 Å². The second-order valence-corrected chi connectivity index (χ2v) is 3.99. The molecule has 2 rings (SSSR count). The maximum Gasteiger partial charge on any atom is 0.320 e. The summed E-state index contributed by atoms with van der Waals surface area (Å²) in [5.41, 5.74) is 6.75. The first-order valence-corrected chi connectivity index (χ1v) is 5.82. The Hall–Kier alpha value is -2.80. The molecule has 94 valence electrons. The molecule has 19 heavy (non-hydrogen) atoms. The SMILES string of the molecule is N#C[C@H](c1ccccc1)N(C(N)=O)c1ccccc1. The summed E-state index contributed by atoms with van der Waals surface area (Å²) < 4.78 is 0. The third kappa shape index (κ3) is 2.72. The van der Waals surface area contributed by atoms with Crippen molar-refractivity contribution in [3.05, 3.63) is 66.2 Å². The van der Waals surface area contributed by atoms with Gasteiger partial charge in [-0.25, -0.2) is 4.79 Å². The van der Waals surface area contributed by atoms with Crippen molar-refractivity contribution in [3.63, 3.8) is 0 Å². The van der Waals surface area contributed by atoms with Gasteiger partial charge in [0.2, 0.25) is 0 Å². The van der Waals surface area contributed by atoms with E-state index in [1.54, 1.807) is 36.4 Å². The molecule has 2 amide bonds. The minimum absolute atomic E-state index is 0.602. The van der Waals surface area contributed by atoms with Gasteiger partial charge in [0.15, 0.2) is 6.04 Å². The van der Waals surface area contributed by atoms with Crippen LogP contribution in [0.4, 0.5) is 10.5 Å². The molecule has 0 spiro atoms. The highest BCUT2D eigenvalue weighted by Gasteiger charge is 2.24. The lowest BCUT2D eigenvalue weighted by Gasteiger charge is -2.25. The second-order valence-electron chi connectivity index (χ2n) is 3.99. The van der Waals surface area contributed by atoms with Gasteiger partial charge in [0.05, 0.1) is 6.07 Å². The lowest BCUT2D eigenvalue weighted by molar-refractivity contribution is 0.253. The number of para-hydroxylation sites is 1. The minimum Gasteiger partial charge on any atom is -0.351 e. The van der Waals surface area contributed by atoms with Crippen LogP contribution in [0.5, 0.6) is 0 Å². The molecule has 0 unspecified atom stereocenters. The summed E-state index contributed by atoms with van der Waals surface area (Å²) in [5.74, 6) is 0. The smallest absolute Gasteiger partial charge is 0.320 e. The Morgan fingerprint density at radius 2 is 1.58 bits per heavy atom. The zero-order chi connectivity index (χ0) is 13.7. The fraction of sp³-hybridized carbons (Fsp3) is 0.0667. The lowest BCUT2D eigenvalue weighted by Crippen LogP contribution is -2.38. The summed E-state index contributed by atoms with van der Waals surface area (Å²) >= 11 is 0. The zero-order valence-electron chi connectivity index (χ0n) is 10.2. The standard InChI is InChI=1S/C15H13N3O/c16-11-14(12-7-3-1-4-8-12)18(15(17)19)13-9-5-2-6-10-13/h1-10,14H,(H2,17,19)/t14-/m1/s1. The molecule has 4 heteroatoms. The highest BCUT2D eigenvalue weighted by atomic mass is 16.2. The van der Waals surface area contributed by atoms with Gasteiger partial charge < -0.3 is 5.73 Å². The van der Waals surface area contributed by atoms with Crippen molar-refractivity contribution in [1.82, 2.24) is 0 Å². The Morgan fingerprint density at radius 1 is 1.05 bits per heavy atom. The van der Waals surface area contributed by atoms with Crippen molar-refractivity contribution >= 4 is 11.7 Å². The van der Waals surface area contributed by atoms with Gasteiger partial charge in [-0.1, -0.05) is 48.5 Å². The van der Waals surface area contributed by atoms with E-state index in [9.17, 15) is 10.1 Å². The van der Waals surface area contributed by atoms with Crippen LogP contribution in [0, 0.1) is 11.3 Å². The number of hydrogen-bond donors (Lipinski definition) is 1. The quantitative estimate of drug-likeness (QED) is 0.911. The maximum atomic E-state index is 11.7. The van der Waals surface area contributed by atoms with Gasteiger partial charge >= 0.3 is 6.03 Å². The van der Waals surface area contributed by atoms with Gasteiger partial charge in [0, 0.05) is 5.69 Å². The summed E-state index contributed by atoms with van der Waals surface area (Å²) in [6.45, 7) is 0. The number of anilines is 1. The van der Waals surface area contributed by atoms with Crippen LogP contribution in [0.1, 0.15) is 11.6 Å². The second kappa shape index (κ2) is 5.69. The van der Waals surface area contributed by atoms with Crippen molar-refractivity contribution in [2.45, 2.75) is 6.04 Å². The van der Waals surface area contributed by atoms with Crippen LogP contribution in [0.2, 0.25) is 0 Å². The molecule has 0 saturated heterocycles. The Labute approximate surface area is 111 Å². The van der Waals surface area contributed by atoms with Crippen molar-refractivity contribution in [2.75, 3.05) is 4.90 Å². The average Bonchev–Trinajstić information content (AvgIpc) is 2.46. The van der Waals surface area contributed by atoms with E-state index < -0.39 is 12.1 Å². The first-order valence-electron chi connectivity index (χ1n) is 5.82. The summed E-state index contributed by atoms with van der Waals surface area (Å²) in [6, 6.07) is 18.8. The third-order valence-corrected chi connectivity index (χ3v) is 2.77. The molecule has 0 radical (unpaired) electrons. The van der Waals surface area contributed by atoms with Crippen LogP contribution >= 0.6 is 0 Å². The lowest BCUT2D eigenvalue weighted by atomic mass is 10.1. The van der Waals surface area contributed by atoms with Gasteiger partial charge in [0.1, 0.15) is 0 Å². The third-order valence-electron chi connectivity index (χ3n) is 2.77. The first kappa shape index (κ1) is 12.7. The highest BCUT2D eigenvalue weighted by Crippen LogP contribution is 2.26. The normalized spacial score (nSPS) is 11.3. The monoisotopic (exact) mass is 251 g/mol. The number of benzene rings is 2. The van der Waals surface area contributed by atoms with Crippen LogP contribution in [0.25, 0.3) is 0 Å². The Kier molecular flexibility index (Phi) is 3.79. The van der Waals surface area contributed by atoms with Gasteiger partial charge in [-0.05, 0) is 17.7 Å². The summed E-state index contributed by atoms with van der Waals surface area (Å²) in [5, 5.41) is 9.36. The van der Waals surface area contributed by atoms with Crippen molar-refractivity contribution < 1.29 is 4.79 Å². The Morgan fingerprint density at radius 3 is 2.05 bits per heavy atom. The van der Waals surface area contributed by atoms with E-state index >= 15 is 0 Å². The van der Waals surface area contributed by atoms with Crippen LogP contribution < -0.4 is 10.6 Å². The first-order chi connectivity index (χ1) is 9.24. The molecule has 0 fully saturated rings. The van der Waals surface area contributed by atoms with E-state index in [4.69, 9.17) is 5.73 Å². The van der Waals surface area contributed by atoms with Crippen molar-refractivity contribution in [1.29, 1.82) is 5.26 Å². The molecule has 0 aliphatic heterocycles. The van der Waals surface area contributed by atoms with Crippen LogP contribution in [0.15, 0.2) is 60.7 Å². The van der Waals surface area contributed by atoms with Gasteiger partial charge in [-0.15, -0.1) is 0 Å². The number of rotatable bonds is 3. The van der Waals surface area contributed by atoms with E-state index in [2.05, 4.69) is 6.07 Å². The zero-order valence-corrected chi connectivity index (χ0v) is 10.2. The number of amides is 2. The molecular weight excluding hydrogens is 238 g/mol. The highest BCUT2D eigenvalue weighted by molar-refractivity contribution is 5.92. The number of urea groups is 1. The van der Waals surface area contributed by atoms with E-state index in [0.29, 0.717) is 5.69 Å². The van der Waals surface area contributed by atoms with E-state index in [0.717, 1.165) is 5.56 Å². The summed E-state index contributed by atoms with van der Waals surface area (Å²) in [7, 11) is 0. The van der Waals surface area contributed by atoms with E-state index in [1.807, 2.05) is 24.3 Å². The molecule has 0 bridgehead atoms. The van der Waals surface area contributed by atoms with Crippen LogP contribution in [-0.2, 0) is 0 Å². The average molecular weight is 251 g/mol. The number of carbonyl (C=O) groups excluding carboxylic acids is 1. The summed E-state index contributed by atoms with van der Waals surface area (Å²) in [4.78, 5) is 13.0. The van der Waals surface area contributed by atoms with Crippen molar-refractivity contribution in [2.24, 2.45) is 5.73 Å². The molecule has 0 heterocycles. The van der Waals surface area contributed by atoms with Crippen molar-refractivity contribution in [3.8, 4) is 6.07 Å². The number of nitrogens with two attached hydrogens (primary N) is 1. The molecule has 1 atom stereocenters. The number of primary amides is 1. The van der Waals surface area contributed by atoms with E-state index in [1.165, 1.54) is 4.90 Å².